The second-order valence-electron chi connectivity index (χ2n) is 9.53. The number of anilines is 2. The van der Waals surface area contributed by atoms with Crippen LogP contribution in [-0.4, -0.2) is 42.6 Å². The van der Waals surface area contributed by atoms with Gasteiger partial charge >= 0.3 is 0 Å². The molecule has 4 aromatic carbocycles. The average Bonchev–Trinajstić information content (AvgIpc) is 3.05. The first-order valence-electron chi connectivity index (χ1n) is 13.6. The Balaban J connectivity index is 1.45. The molecule has 4 rings (SSSR count). The van der Waals surface area contributed by atoms with Gasteiger partial charge in [-0.1, -0.05) is 30.3 Å². The van der Waals surface area contributed by atoms with Crippen LogP contribution in [0.4, 0.5) is 17.1 Å². The van der Waals surface area contributed by atoms with Crippen molar-refractivity contribution in [2.45, 2.75) is 11.8 Å². The van der Waals surface area contributed by atoms with E-state index in [0.717, 1.165) is 4.90 Å². The molecule has 0 aromatic heterocycles. The normalized spacial score (nSPS) is 10.9. The van der Waals surface area contributed by atoms with Crippen molar-refractivity contribution in [3.8, 4) is 11.5 Å². The molecule has 12 heteroatoms. The summed E-state index contributed by atoms with van der Waals surface area (Å²) in [6.07, 6.45) is 1.51. The molecule has 3 N–H and O–H groups in total. The predicted molar refractivity (Wildman–Crippen MR) is 174 cm³/mol. The number of aryl methyl sites for hydroxylation is 1. The molecule has 0 saturated heterocycles. The highest BCUT2D eigenvalue weighted by atomic mass is 32.2. The van der Waals surface area contributed by atoms with Crippen LogP contribution < -0.4 is 25.4 Å². The van der Waals surface area contributed by atoms with Gasteiger partial charge in [-0.2, -0.15) is 0 Å². The number of benzene rings is 4. The third kappa shape index (κ3) is 8.71. The molecule has 0 unspecified atom stereocenters. The smallest absolute Gasteiger partial charge is 0.272 e. The lowest BCUT2D eigenvalue weighted by molar-refractivity contribution is -0.384. The number of hydrogen-bond donors (Lipinski definition) is 3. The van der Waals surface area contributed by atoms with Crippen molar-refractivity contribution in [1.29, 1.82) is 0 Å². The number of nitrogens with zero attached hydrogens (tertiary/aromatic N) is 1. The molecule has 4 aromatic rings. The lowest BCUT2D eigenvalue weighted by Gasteiger charge is -2.14. The number of non-ortho nitro benzene ring substituents is 1. The highest BCUT2D eigenvalue weighted by Gasteiger charge is 2.18. The maximum atomic E-state index is 13.4. The van der Waals surface area contributed by atoms with Crippen LogP contribution in [0.2, 0.25) is 0 Å². The summed E-state index contributed by atoms with van der Waals surface area (Å²) < 4.78 is 10.9. The maximum absolute atomic E-state index is 13.4. The quantitative estimate of drug-likeness (QED) is 0.0744. The average molecular weight is 627 g/mol. The van der Waals surface area contributed by atoms with Gasteiger partial charge in [0.15, 0.2) is 11.5 Å². The lowest BCUT2D eigenvalue weighted by Crippen LogP contribution is -2.30. The monoisotopic (exact) mass is 626 g/mol. The first-order chi connectivity index (χ1) is 21.7. The fourth-order valence-electron chi connectivity index (χ4n) is 4.19. The molecule has 0 spiro atoms. The van der Waals surface area contributed by atoms with E-state index in [4.69, 9.17) is 9.47 Å². The van der Waals surface area contributed by atoms with Crippen LogP contribution in [0.15, 0.2) is 102 Å². The van der Waals surface area contributed by atoms with Gasteiger partial charge in [-0.3, -0.25) is 24.5 Å². The minimum atomic E-state index is -0.567. The molecular weight excluding hydrogens is 596 g/mol. The van der Waals surface area contributed by atoms with Gasteiger partial charge in [0.25, 0.3) is 17.5 Å². The van der Waals surface area contributed by atoms with Gasteiger partial charge in [-0.05, 0) is 67.1 Å². The molecule has 3 amide bonds. The molecule has 0 heterocycles. The van der Waals surface area contributed by atoms with Crippen molar-refractivity contribution in [2.75, 3.05) is 30.6 Å². The highest BCUT2D eigenvalue weighted by Crippen LogP contribution is 2.32. The van der Waals surface area contributed by atoms with Crippen molar-refractivity contribution in [3.05, 3.63) is 123 Å². The number of carbonyl (C=O) groups excluding carboxylic acids is 3. The SMILES string of the molecule is COc1cccc(/C=C(\NC(=O)c2ccccc2)C(=O)Nc2ccc(SCC(=O)Nc3ccc([N+](=O)[O-])cc3C)cc2)c1OC. The summed E-state index contributed by atoms with van der Waals surface area (Å²) in [5, 5.41) is 19.2. The fourth-order valence-corrected chi connectivity index (χ4v) is 4.89. The molecule has 0 saturated carbocycles. The van der Waals surface area contributed by atoms with Gasteiger partial charge in [0, 0.05) is 39.5 Å². The van der Waals surface area contributed by atoms with Crippen molar-refractivity contribution < 1.29 is 28.8 Å². The Labute approximate surface area is 263 Å². The zero-order valence-corrected chi connectivity index (χ0v) is 25.5. The second kappa shape index (κ2) is 15.2. The van der Waals surface area contributed by atoms with Crippen molar-refractivity contribution in [1.82, 2.24) is 5.32 Å². The van der Waals surface area contributed by atoms with Gasteiger partial charge in [-0.25, -0.2) is 0 Å². The molecule has 0 radical (unpaired) electrons. The van der Waals surface area contributed by atoms with E-state index in [2.05, 4.69) is 16.0 Å². The number of para-hydroxylation sites is 1. The number of ether oxygens (including phenoxy) is 2. The van der Waals surface area contributed by atoms with E-state index in [1.165, 1.54) is 50.3 Å². The summed E-state index contributed by atoms with van der Waals surface area (Å²) >= 11 is 1.28. The summed E-state index contributed by atoms with van der Waals surface area (Å²) in [7, 11) is 2.99. The number of methoxy groups -OCH3 is 2. The Morgan fingerprint density at radius 2 is 1.62 bits per heavy atom. The van der Waals surface area contributed by atoms with Gasteiger partial charge in [0.2, 0.25) is 5.91 Å². The van der Waals surface area contributed by atoms with Crippen molar-refractivity contribution in [2.24, 2.45) is 0 Å². The third-order valence-electron chi connectivity index (χ3n) is 6.44. The number of nitro benzene ring substituents is 1. The number of rotatable bonds is 12. The van der Waals surface area contributed by atoms with E-state index in [0.29, 0.717) is 39.6 Å². The minimum Gasteiger partial charge on any atom is -0.493 e. The Bertz CT molecular complexity index is 1740. The fraction of sp³-hybridized carbons (Fsp3) is 0.121. The first kappa shape index (κ1) is 32.3. The standard InChI is InChI=1S/C33H30N4O7S/c1-21-18-25(37(41)42)14-17-27(21)35-30(38)20-45-26-15-12-24(13-16-26)34-33(40)28(36-32(39)22-8-5-4-6-9-22)19-23-10-7-11-29(43-2)31(23)44-3/h4-19H,20H2,1-3H3,(H,34,40)(H,35,38)(H,36,39)/b28-19-. The van der Waals surface area contributed by atoms with Crippen LogP contribution >= 0.6 is 11.8 Å². The number of nitro groups is 1. The van der Waals surface area contributed by atoms with Crippen molar-refractivity contribution in [3.63, 3.8) is 0 Å². The second-order valence-corrected chi connectivity index (χ2v) is 10.6. The van der Waals surface area contributed by atoms with Crippen LogP contribution in [0, 0.1) is 17.0 Å². The van der Waals surface area contributed by atoms with E-state index in [1.807, 2.05) is 0 Å². The van der Waals surface area contributed by atoms with Crippen LogP contribution in [0.25, 0.3) is 6.08 Å². The summed E-state index contributed by atoms with van der Waals surface area (Å²) in [6.45, 7) is 1.68. The number of hydrogen-bond acceptors (Lipinski definition) is 8. The van der Waals surface area contributed by atoms with Gasteiger partial charge in [-0.15, -0.1) is 11.8 Å². The minimum absolute atomic E-state index is 0.0212. The van der Waals surface area contributed by atoms with Gasteiger partial charge in [0.1, 0.15) is 5.70 Å². The zero-order chi connectivity index (χ0) is 32.3. The molecular formula is C33H30N4O7S. The molecule has 11 nitrogen and oxygen atoms in total. The molecule has 0 fully saturated rings. The van der Waals surface area contributed by atoms with E-state index in [1.54, 1.807) is 79.7 Å². The largest absolute Gasteiger partial charge is 0.493 e. The highest BCUT2D eigenvalue weighted by molar-refractivity contribution is 8.00. The summed E-state index contributed by atoms with van der Waals surface area (Å²) in [6, 6.07) is 24.8. The molecule has 0 aliphatic heterocycles. The van der Waals surface area contributed by atoms with E-state index in [-0.39, 0.29) is 23.0 Å². The molecule has 230 valence electrons. The molecule has 0 bridgehead atoms. The Kier molecular flexibility index (Phi) is 10.9. The van der Waals surface area contributed by atoms with E-state index in [9.17, 15) is 24.5 Å². The summed E-state index contributed by atoms with van der Waals surface area (Å²) in [4.78, 5) is 50.1. The van der Waals surface area contributed by atoms with Crippen molar-refractivity contribution >= 4 is 52.6 Å². The predicted octanol–water partition coefficient (Wildman–Crippen LogP) is 6.06. The van der Waals surface area contributed by atoms with Crippen LogP contribution in [0.3, 0.4) is 0 Å². The van der Waals surface area contributed by atoms with E-state index >= 15 is 0 Å². The van der Waals surface area contributed by atoms with E-state index < -0.39 is 16.7 Å². The van der Waals surface area contributed by atoms with Gasteiger partial charge < -0.3 is 25.4 Å². The summed E-state index contributed by atoms with van der Waals surface area (Å²) in [5.74, 6) is -0.344. The molecule has 45 heavy (non-hydrogen) atoms. The number of carbonyl (C=O) groups is 3. The summed E-state index contributed by atoms with van der Waals surface area (Å²) in [5.41, 5.74) is 2.38. The third-order valence-corrected chi connectivity index (χ3v) is 7.45. The van der Waals surface area contributed by atoms with Crippen LogP contribution in [-0.2, 0) is 9.59 Å². The Morgan fingerprint density at radius 1 is 0.889 bits per heavy atom. The lowest BCUT2D eigenvalue weighted by atomic mass is 10.1. The first-order valence-corrected chi connectivity index (χ1v) is 14.5. The molecule has 0 atom stereocenters. The zero-order valence-electron chi connectivity index (χ0n) is 24.7. The Hall–Kier alpha value is -5.62. The number of nitrogens with one attached hydrogen (secondary N) is 3. The number of amides is 3. The Morgan fingerprint density at radius 3 is 2.27 bits per heavy atom. The maximum Gasteiger partial charge on any atom is 0.272 e. The van der Waals surface area contributed by atoms with Crippen LogP contribution in [0.1, 0.15) is 21.5 Å². The van der Waals surface area contributed by atoms with Gasteiger partial charge in [0.05, 0.1) is 24.9 Å². The molecule has 0 aliphatic rings. The molecule has 0 aliphatic carbocycles. The number of thioether (sulfide) groups is 1. The topological polar surface area (TPSA) is 149 Å². The van der Waals surface area contributed by atoms with Crippen LogP contribution in [0.5, 0.6) is 11.5 Å².